The maximum Gasteiger partial charge on any atom is 0.160 e. The Kier molecular flexibility index (Phi) is 4.00. The standard InChI is InChI=1S/C18H19FN4O/c19-14-7-2-1-6-13(14)16(24)12-22-10-5-8-15(22)18-21-20-17-9-3-4-11-23(17)18/h1-4,6-7,9,11,15-16,24H,5,8,10,12H2/t15-,16-/m1/s1. The summed E-state index contributed by atoms with van der Waals surface area (Å²) >= 11 is 0. The summed E-state index contributed by atoms with van der Waals surface area (Å²) in [7, 11) is 0. The molecule has 1 saturated heterocycles. The van der Waals surface area contributed by atoms with E-state index in [1.165, 1.54) is 6.07 Å². The van der Waals surface area contributed by atoms with Gasteiger partial charge in [0.2, 0.25) is 0 Å². The molecule has 2 atom stereocenters. The molecule has 0 saturated carbocycles. The lowest BCUT2D eigenvalue weighted by Crippen LogP contribution is -2.29. The predicted molar refractivity (Wildman–Crippen MR) is 87.9 cm³/mol. The van der Waals surface area contributed by atoms with Gasteiger partial charge in [-0.3, -0.25) is 9.30 Å². The van der Waals surface area contributed by atoms with Crippen molar-refractivity contribution in [2.45, 2.75) is 25.0 Å². The van der Waals surface area contributed by atoms with Crippen LogP contribution in [-0.4, -0.2) is 37.7 Å². The van der Waals surface area contributed by atoms with Crippen molar-refractivity contribution in [1.29, 1.82) is 0 Å². The lowest BCUT2D eigenvalue weighted by Gasteiger charge is -2.26. The van der Waals surface area contributed by atoms with Crippen molar-refractivity contribution in [2.75, 3.05) is 13.1 Å². The molecule has 1 aromatic carbocycles. The van der Waals surface area contributed by atoms with Gasteiger partial charge >= 0.3 is 0 Å². The van der Waals surface area contributed by atoms with E-state index in [4.69, 9.17) is 0 Å². The number of benzene rings is 1. The molecule has 24 heavy (non-hydrogen) atoms. The molecular formula is C18H19FN4O. The van der Waals surface area contributed by atoms with E-state index in [1.54, 1.807) is 18.2 Å². The van der Waals surface area contributed by atoms with Crippen LogP contribution in [0, 0.1) is 5.82 Å². The van der Waals surface area contributed by atoms with Crippen molar-refractivity contribution >= 4 is 5.65 Å². The van der Waals surface area contributed by atoms with Gasteiger partial charge in [-0.25, -0.2) is 4.39 Å². The number of pyridine rings is 1. The Morgan fingerprint density at radius 2 is 2.00 bits per heavy atom. The highest BCUT2D eigenvalue weighted by Crippen LogP contribution is 2.33. The lowest BCUT2D eigenvalue weighted by atomic mass is 10.1. The molecule has 2 aromatic heterocycles. The Hall–Kier alpha value is -2.31. The van der Waals surface area contributed by atoms with Crippen molar-refractivity contribution < 1.29 is 9.50 Å². The van der Waals surface area contributed by atoms with Gasteiger partial charge in [-0.1, -0.05) is 24.3 Å². The van der Waals surface area contributed by atoms with Crippen LogP contribution in [0.15, 0.2) is 48.7 Å². The Balaban J connectivity index is 1.58. The third-order valence-corrected chi connectivity index (χ3v) is 4.67. The van der Waals surface area contributed by atoms with Gasteiger partial charge in [-0.15, -0.1) is 10.2 Å². The summed E-state index contributed by atoms with van der Waals surface area (Å²) in [6, 6.07) is 12.3. The van der Waals surface area contributed by atoms with E-state index in [0.717, 1.165) is 30.9 Å². The van der Waals surface area contributed by atoms with Crippen LogP contribution in [0.5, 0.6) is 0 Å². The zero-order chi connectivity index (χ0) is 16.5. The first-order valence-corrected chi connectivity index (χ1v) is 8.20. The molecule has 0 spiro atoms. The second kappa shape index (κ2) is 6.30. The largest absolute Gasteiger partial charge is 0.387 e. The first-order valence-electron chi connectivity index (χ1n) is 8.20. The Morgan fingerprint density at radius 3 is 2.88 bits per heavy atom. The van der Waals surface area contributed by atoms with Crippen LogP contribution in [-0.2, 0) is 0 Å². The van der Waals surface area contributed by atoms with Crippen LogP contribution in [0.25, 0.3) is 5.65 Å². The number of β-amino-alcohol motifs (C(OH)–C–C–N with tert-alkyl or cyclic N) is 1. The second-order valence-corrected chi connectivity index (χ2v) is 6.18. The number of hydrogen-bond donors (Lipinski definition) is 1. The average Bonchev–Trinajstić information content (AvgIpc) is 3.21. The number of likely N-dealkylation sites (tertiary alicyclic amines) is 1. The molecule has 3 aromatic rings. The SMILES string of the molecule is O[C@H](CN1CCC[C@@H]1c1nnc2ccccn12)c1ccccc1F. The molecule has 0 radical (unpaired) electrons. The molecule has 1 fully saturated rings. The quantitative estimate of drug-likeness (QED) is 0.801. The van der Waals surface area contributed by atoms with E-state index in [-0.39, 0.29) is 11.9 Å². The number of hydrogen-bond acceptors (Lipinski definition) is 4. The predicted octanol–water partition coefficient (Wildman–Crippen LogP) is 2.74. The number of aliphatic hydroxyl groups is 1. The molecule has 0 unspecified atom stereocenters. The normalized spacial score (nSPS) is 19.8. The van der Waals surface area contributed by atoms with Gasteiger partial charge in [0.25, 0.3) is 0 Å². The molecule has 1 aliphatic rings. The van der Waals surface area contributed by atoms with Gasteiger partial charge in [-0.2, -0.15) is 0 Å². The van der Waals surface area contributed by atoms with Crippen LogP contribution in [0.1, 0.15) is 36.4 Å². The number of nitrogens with zero attached hydrogens (tertiary/aromatic N) is 4. The molecule has 4 rings (SSSR count). The van der Waals surface area contributed by atoms with Crippen LogP contribution in [0.4, 0.5) is 4.39 Å². The summed E-state index contributed by atoms with van der Waals surface area (Å²) < 4.78 is 15.9. The number of aliphatic hydroxyl groups excluding tert-OH is 1. The number of fused-ring (bicyclic) bond motifs is 1. The fraction of sp³-hybridized carbons (Fsp3) is 0.333. The fourth-order valence-electron chi connectivity index (χ4n) is 3.49. The Morgan fingerprint density at radius 1 is 1.17 bits per heavy atom. The third-order valence-electron chi connectivity index (χ3n) is 4.67. The minimum absolute atomic E-state index is 0.0869. The van der Waals surface area contributed by atoms with Crippen molar-refractivity contribution in [3.8, 4) is 0 Å². The maximum atomic E-state index is 13.9. The molecular weight excluding hydrogens is 307 g/mol. The van der Waals surface area contributed by atoms with E-state index in [0.29, 0.717) is 12.1 Å². The zero-order valence-electron chi connectivity index (χ0n) is 13.2. The van der Waals surface area contributed by atoms with Crippen molar-refractivity contribution in [3.63, 3.8) is 0 Å². The molecule has 1 aliphatic heterocycles. The molecule has 0 aliphatic carbocycles. The van der Waals surface area contributed by atoms with E-state index < -0.39 is 6.10 Å². The van der Waals surface area contributed by atoms with E-state index in [2.05, 4.69) is 15.1 Å². The molecule has 0 bridgehead atoms. The lowest BCUT2D eigenvalue weighted by molar-refractivity contribution is 0.101. The third kappa shape index (κ3) is 2.68. The van der Waals surface area contributed by atoms with Crippen molar-refractivity contribution in [2.24, 2.45) is 0 Å². The number of halogens is 1. The summed E-state index contributed by atoms with van der Waals surface area (Å²) in [5.41, 5.74) is 1.16. The second-order valence-electron chi connectivity index (χ2n) is 6.18. The van der Waals surface area contributed by atoms with E-state index >= 15 is 0 Å². The first-order chi connectivity index (χ1) is 11.7. The van der Waals surface area contributed by atoms with Crippen molar-refractivity contribution in [1.82, 2.24) is 19.5 Å². The summed E-state index contributed by atoms with van der Waals surface area (Å²) in [6.45, 7) is 1.24. The highest BCUT2D eigenvalue weighted by atomic mass is 19.1. The van der Waals surface area contributed by atoms with Crippen LogP contribution < -0.4 is 0 Å². The van der Waals surface area contributed by atoms with Gasteiger partial charge in [-0.05, 0) is 37.6 Å². The topological polar surface area (TPSA) is 53.7 Å². The summed E-state index contributed by atoms with van der Waals surface area (Å²) in [4.78, 5) is 2.17. The van der Waals surface area contributed by atoms with Gasteiger partial charge in [0.1, 0.15) is 5.82 Å². The molecule has 6 heteroatoms. The molecule has 1 N–H and O–H groups in total. The smallest absolute Gasteiger partial charge is 0.160 e. The Bertz CT molecular complexity index is 850. The van der Waals surface area contributed by atoms with Gasteiger partial charge in [0.15, 0.2) is 11.5 Å². The average molecular weight is 326 g/mol. The summed E-state index contributed by atoms with van der Waals surface area (Å²) in [5, 5.41) is 19.0. The first kappa shape index (κ1) is 15.2. The van der Waals surface area contributed by atoms with Gasteiger partial charge in [0, 0.05) is 18.3 Å². The minimum Gasteiger partial charge on any atom is -0.387 e. The van der Waals surface area contributed by atoms with Crippen LogP contribution in [0.3, 0.4) is 0 Å². The molecule has 3 heterocycles. The van der Waals surface area contributed by atoms with Gasteiger partial charge in [0.05, 0.1) is 12.1 Å². The molecule has 5 nitrogen and oxygen atoms in total. The molecule has 124 valence electrons. The van der Waals surface area contributed by atoms with Crippen LogP contribution >= 0.6 is 0 Å². The highest BCUT2D eigenvalue weighted by Gasteiger charge is 2.31. The number of rotatable bonds is 4. The van der Waals surface area contributed by atoms with Gasteiger partial charge < -0.3 is 5.11 Å². The maximum absolute atomic E-state index is 13.9. The van der Waals surface area contributed by atoms with E-state index in [1.807, 2.05) is 28.8 Å². The zero-order valence-corrected chi connectivity index (χ0v) is 13.2. The Labute approximate surface area is 139 Å². The molecule has 0 amide bonds. The fourth-order valence-corrected chi connectivity index (χ4v) is 3.49. The minimum atomic E-state index is -0.856. The monoisotopic (exact) mass is 326 g/mol. The highest BCUT2D eigenvalue weighted by molar-refractivity contribution is 5.37. The van der Waals surface area contributed by atoms with Crippen molar-refractivity contribution in [3.05, 3.63) is 65.9 Å². The summed E-state index contributed by atoms with van der Waals surface area (Å²) in [6.07, 6.45) is 3.08. The van der Waals surface area contributed by atoms with E-state index in [9.17, 15) is 9.50 Å². The summed E-state index contributed by atoms with van der Waals surface area (Å²) in [5.74, 6) is 0.512. The number of aromatic nitrogens is 3. The van der Waals surface area contributed by atoms with Crippen LogP contribution in [0.2, 0.25) is 0 Å².